The lowest BCUT2D eigenvalue weighted by molar-refractivity contribution is 0.183. The molecular weight excluding hydrogens is 284 g/mol. The van der Waals surface area contributed by atoms with Gasteiger partial charge in [0, 0.05) is 30.4 Å². The molecule has 0 saturated carbocycles. The minimum atomic E-state index is 0.126. The maximum Gasteiger partial charge on any atom is 0.0948 e. The number of benzene rings is 1. The van der Waals surface area contributed by atoms with Crippen LogP contribution in [0.4, 0.5) is 0 Å². The van der Waals surface area contributed by atoms with Gasteiger partial charge in [0.1, 0.15) is 0 Å². The van der Waals surface area contributed by atoms with E-state index in [9.17, 15) is 0 Å². The van der Waals surface area contributed by atoms with Crippen molar-refractivity contribution in [1.29, 1.82) is 0 Å². The van der Waals surface area contributed by atoms with Crippen molar-refractivity contribution in [1.82, 2.24) is 14.5 Å². The summed E-state index contributed by atoms with van der Waals surface area (Å²) in [5, 5.41) is 0.760. The molecule has 0 radical (unpaired) electrons. The van der Waals surface area contributed by atoms with Gasteiger partial charge in [-0.1, -0.05) is 23.7 Å². The molecule has 0 aliphatic heterocycles. The molecule has 5 heteroatoms. The number of halogens is 1. The number of nitrogens with two attached hydrogens (primary N) is 1. The highest BCUT2D eigenvalue weighted by Crippen LogP contribution is 2.29. The summed E-state index contributed by atoms with van der Waals surface area (Å²) in [5.74, 6) is 0. The van der Waals surface area contributed by atoms with Crippen LogP contribution in [-0.4, -0.2) is 28.0 Å². The Bertz CT molecular complexity index is 581. The van der Waals surface area contributed by atoms with E-state index < -0.39 is 0 Å². The fraction of sp³-hybridized carbons (Fsp3) is 0.438. The van der Waals surface area contributed by atoms with E-state index in [1.807, 2.05) is 30.7 Å². The van der Waals surface area contributed by atoms with Gasteiger partial charge in [0.2, 0.25) is 0 Å². The minimum Gasteiger partial charge on any atom is -0.333 e. The average Bonchev–Trinajstić information content (AvgIpc) is 2.95. The third-order valence-electron chi connectivity index (χ3n) is 4.08. The van der Waals surface area contributed by atoms with E-state index in [2.05, 4.69) is 41.4 Å². The van der Waals surface area contributed by atoms with Crippen LogP contribution in [-0.2, 0) is 6.54 Å². The average molecular weight is 307 g/mol. The van der Waals surface area contributed by atoms with Crippen LogP contribution in [0.2, 0.25) is 5.02 Å². The first-order valence-electron chi connectivity index (χ1n) is 7.26. The van der Waals surface area contributed by atoms with Crippen molar-refractivity contribution in [3.8, 4) is 0 Å². The van der Waals surface area contributed by atoms with Crippen molar-refractivity contribution in [2.45, 2.75) is 32.5 Å². The van der Waals surface area contributed by atoms with Crippen molar-refractivity contribution in [2.75, 3.05) is 13.6 Å². The summed E-state index contributed by atoms with van der Waals surface area (Å²) in [6.07, 6.45) is 3.76. The summed E-state index contributed by atoms with van der Waals surface area (Å²) in [6.45, 7) is 5.72. The molecule has 2 atom stereocenters. The zero-order chi connectivity index (χ0) is 15.4. The van der Waals surface area contributed by atoms with Crippen LogP contribution < -0.4 is 5.73 Å². The lowest BCUT2D eigenvalue weighted by Gasteiger charge is -2.33. The predicted molar refractivity (Wildman–Crippen MR) is 87.3 cm³/mol. The van der Waals surface area contributed by atoms with Crippen LogP contribution in [0, 0.1) is 0 Å². The Morgan fingerprint density at radius 2 is 2.19 bits per heavy atom. The maximum atomic E-state index is 6.10. The van der Waals surface area contributed by atoms with Crippen LogP contribution in [0.5, 0.6) is 0 Å². The number of hydrogen-bond donors (Lipinski definition) is 1. The fourth-order valence-electron chi connectivity index (χ4n) is 2.64. The molecule has 1 aromatic carbocycles. The van der Waals surface area contributed by atoms with Gasteiger partial charge >= 0.3 is 0 Å². The first-order chi connectivity index (χ1) is 10.1. The highest BCUT2D eigenvalue weighted by atomic mass is 35.5. The molecule has 0 saturated heterocycles. The molecule has 1 aromatic heterocycles. The zero-order valence-corrected chi connectivity index (χ0v) is 13.6. The largest absolute Gasteiger partial charge is 0.333 e. The Morgan fingerprint density at radius 1 is 1.43 bits per heavy atom. The van der Waals surface area contributed by atoms with E-state index in [0.717, 1.165) is 17.3 Å². The van der Waals surface area contributed by atoms with E-state index in [0.29, 0.717) is 6.54 Å². The molecule has 0 fully saturated rings. The molecule has 2 unspecified atom stereocenters. The van der Waals surface area contributed by atoms with Crippen molar-refractivity contribution in [3.05, 3.63) is 53.1 Å². The molecule has 0 aliphatic carbocycles. The summed E-state index contributed by atoms with van der Waals surface area (Å²) < 4.78 is 2.14. The molecule has 2 rings (SSSR count). The van der Waals surface area contributed by atoms with E-state index in [-0.39, 0.29) is 12.1 Å². The Labute approximate surface area is 131 Å². The van der Waals surface area contributed by atoms with Crippen molar-refractivity contribution >= 4 is 11.6 Å². The monoisotopic (exact) mass is 306 g/mol. The van der Waals surface area contributed by atoms with Gasteiger partial charge in [-0.2, -0.15) is 0 Å². The molecule has 0 spiro atoms. The Kier molecular flexibility index (Phi) is 5.39. The first-order valence-corrected chi connectivity index (χ1v) is 7.63. The second kappa shape index (κ2) is 7.07. The van der Waals surface area contributed by atoms with Gasteiger partial charge in [-0.15, -0.1) is 0 Å². The highest BCUT2D eigenvalue weighted by molar-refractivity contribution is 6.30. The third kappa shape index (κ3) is 3.46. The first kappa shape index (κ1) is 16.0. The van der Waals surface area contributed by atoms with Gasteiger partial charge in [0.05, 0.1) is 18.1 Å². The summed E-state index contributed by atoms with van der Waals surface area (Å²) in [4.78, 5) is 6.52. The van der Waals surface area contributed by atoms with E-state index in [4.69, 9.17) is 17.3 Å². The second-order valence-corrected chi connectivity index (χ2v) is 5.69. The fourth-order valence-corrected chi connectivity index (χ4v) is 2.84. The Balaban J connectivity index is 2.25. The summed E-state index contributed by atoms with van der Waals surface area (Å²) >= 11 is 6.10. The van der Waals surface area contributed by atoms with Gasteiger partial charge in [0.15, 0.2) is 0 Å². The summed E-state index contributed by atoms with van der Waals surface area (Å²) in [5.41, 5.74) is 8.36. The zero-order valence-electron chi connectivity index (χ0n) is 12.8. The molecule has 0 amide bonds. The number of aromatic nitrogens is 2. The molecule has 1 heterocycles. The van der Waals surface area contributed by atoms with Gasteiger partial charge in [-0.05, 0) is 38.6 Å². The SMILES string of the molecule is CCn1cncc1C(CN)N(C)C(C)c1cccc(Cl)c1. The predicted octanol–water partition coefficient (Wildman–Crippen LogP) is 3.25. The van der Waals surface area contributed by atoms with Crippen LogP contribution >= 0.6 is 11.6 Å². The van der Waals surface area contributed by atoms with Gasteiger partial charge in [-0.25, -0.2) is 4.98 Å². The number of likely N-dealkylation sites (N-methyl/N-ethyl adjacent to an activating group) is 1. The number of rotatable bonds is 6. The number of imidazole rings is 1. The van der Waals surface area contributed by atoms with Crippen LogP contribution in [0.15, 0.2) is 36.8 Å². The molecule has 0 aliphatic rings. The van der Waals surface area contributed by atoms with Crippen molar-refractivity contribution in [2.24, 2.45) is 5.73 Å². The van der Waals surface area contributed by atoms with Gasteiger partial charge in [0.25, 0.3) is 0 Å². The van der Waals surface area contributed by atoms with Gasteiger partial charge in [-0.3, -0.25) is 4.90 Å². The maximum absolute atomic E-state index is 6.10. The van der Waals surface area contributed by atoms with Crippen molar-refractivity contribution < 1.29 is 0 Å². The summed E-state index contributed by atoms with van der Waals surface area (Å²) in [7, 11) is 2.09. The second-order valence-electron chi connectivity index (χ2n) is 5.25. The van der Waals surface area contributed by atoms with E-state index in [1.165, 1.54) is 5.56 Å². The topological polar surface area (TPSA) is 47.1 Å². The van der Waals surface area contributed by atoms with Crippen LogP contribution in [0.1, 0.15) is 37.2 Å². The number of nitrogens with zero attached hydrogens (tertiary/aromatic N) is 3. The Hall–Kier alpha value is -1.36. The molecule has 2 aromatic rings. The standard InChI is InChI=1S/C16H23ClN4/c1-4-21-11-19-10-16(21)15(9-18)20(3)12(2)13-6-5-7-14(17)8-13/h5-8,10-12,15H,4,9,18H2,1-3H3. The lowest BCUT2D eigenvalue weighted by atomic mass is 10.0. The van der Waals surface area contributed by atoms with E-state index >= 15 is 0 Å². The quantitative estimate of drug-likeness (QED) is 0.891. The molecule has 21 heavy (non-hydrogen) atoms. The molecule has 114 valence electrons. The molecule has 0 bridgehead atoms. The normalized spacial score (nSPS) is 14.4. The molecule has 2 N–H and O–H groups in total. The van der Waals surface area contributed by atoms with E-state index in [1.54, 1.807) is 0 Å². The van der Waals surface area contributed by atoms with Crippen LogP contribution in [0.3, 0.4) is 0 Å². The minimum absolute atomic E-state index is 0.126. The third-order valence-corrected chi connectivity index (χ3v) is 4.32. The van der Waals surface area contributed by atoms with Crippen molar-refractivity contribution in [3.63, 3.8) is 0 Å². The smallest absolute Gasteiger partial charge is 0.0948 e. The number of hydrogen-bond acceptors (Lipinski definition) is 3. The number of aryl methyl sites for hydroxylation is 1. The molecular formula is C16H23ClN4. The highest BCUT2D eigenvalue weighted by Gasteiger charge is 2.24. The van der Waals surface area contributed by atoms with Crippen LogP contribution in [0.25, 0.3) is 0 Å². The summed E-state index contributed by atoms with van der Waals surface area (Å²) in [6, 6.07) is 8.32. The lowest BCUT2D eigenvalue weighted by Crippen LogP contribution is -2.34. The Morgan fingerprint density at radius 3 is 2.81 bits per heavy atom. The molecule has 4 nitrogen and oxygen atoms in total. The van der Waals surface area contributed by atoms with Gasteiger partial charge < -0.3 is 10.3 Å².